The van der Waals surface area contributed by atoms with E-state index in [-0.39, 0.29) is 24.5 Å². The van der Waals surface area contributed by atoms with Crippen LogP contribution in [-0.4, -0.2) is 57.8 Å². The number of nitrogens with zero attached hydrogens (tertiary/aromatic N) is 2. The second kappa shape index (κ2) is 6.39. The molecular formula is C19H24N4O3. The molecule has 1 aliphatic carbocycles. The van der Waals surface area contributed by atoms with Gasteiger partial charge in [-0.2, -0.15) is 5.10 Å². The summed E-state index contributed by atoms with van der Waals surface area (Å²) in [6.45, 7) is 4.93. The molecule has 2 fully saturated rings. The highest BCUT2D eigenvalue weighted by molar-refractivity contribution is 6.05. The molecule has 2 aromatic rings. The first-order chi connectivity index (χ1) is 12.5. The summed E-state index contributed by atoms with van der Waals surface area (Å²) in [6.07, 6.45) is 2.63. The maximum Gasteiger partial charge on any atom is 0.256 e. The van der Waals surface area contributed by atoms with Gasteiger partial charge in [-0.25, -0.2) is 0 Å². The summed E-state index contributed by atoms with van der Waals surface area (Å²) in [4.78, 5) is 27.0. The number of rotatable bonds is 4. The lowest BCUT2D eigenvalue weighted by Gasteiger charge is -2.40. The van der Waals surface area contributed by atoms with Gasteiger partial charge in [0.1, 0.15) is 0 Å². The van der Waals surface area contributed by atoms with E-state index in [0.717, 1.165) is 29.4 Å². The molecule has 1 saturated heterocycles. The predicted molar refractivity (Wildman–Crippen MR) is 96.5 cm³/mol. The van der Waals surface area contributed by atoms with Gasteiger partial charge in [0.25, 0.3) is 5.91 Å². The summed E-state index contributed by atoms with van der Waals surface area (Å²) in [5.41, 5.74) is 2.47. The number of carbonyl (C=O) groups is 2. The van der Waals surface area contributed by atoms with Gasteiger partial charge in [0.15, 0.2) is 0 Å². The van der Waals surface area contributed by atoms with E-state index < -0.39 is 5.92 Å². The average molecular weight is 356 g/mol. The highest BCUT2D eigenvalue weighted by Crippen LogP contribution is 2.41. The predicted octanol–water partition coefficient (Wildman–Crippen LogP) is 1.08. The molecule has 7 heteroatoms. The molecule has 0 radical (unpaired) electrons. The number of aliphatic hydroxyl groups excluding tert-OH is 1. The van der Waals surface area contributed by atoms with Crippen molar-refractivity contribution in [2.75, 3.05) is 19.7 Å². The van der Waals surface area contributed by atoms with E-state index in [0.29, 0.717) is 23.9 Å². The summed E-state index contributed by atoms with van der Waals surface area (Å²) < 4.78 is 0. The van der Waals surface area contributed by atoms with Crippen molar-refractivity contribution in [3.8, 4) is 0 Å². The molecule has 26 heavy (non-hydrogen) atoms. The number of nitrogens with one attached hydrogen (secondary N) is 2. The minimum atomic E-state index is -0.394. The van der Waals surface area contributed by atoms with Gasteiger partial charge in [0.05, 0.1) is 29.8 Å². The van der Waals surface area contributed by atoms with Crippen LogP contribution in [0.3, 0.4) is 0 Å². The molecular weight excluding hydrogens is 332 g/mol. The van der Waals surface area contributed by atoms with E-state index in [1.54, 1.807) is 13.1 Å². The van der Waals surface area contributed by atoms with Crippen LogP contribution in [0.15, 0.2) is 18.3 Å². The van der Waals surface area contributed by atoms with Crippen molar-refractivity contribution < 1.29 is 14.7 Å². The fraction of sp³-hybridized carbons (Fsp3) is 0.526. The third-order valence-corrected chi connectivity index (χ3v) is 5.83. The molecule has 0 bridgehead atoms. The lowest BCUT2D eigenvalue weighted by atomic mass is 9.71. The summed E-state index contributed by atoms with van der Waals surface area (Å²) in [7, 11) is 0. The number of hydrogen-bond donors (Lipinski definition) is 3. The molecule has 1 aromatic carbocycles. The van der Waals surface area contributed by atoms with E-state index in [1.807, 2.05) is 24.0 Å². The second-order valence-corrected chi connectivity index (χ2v) is 7.72. The zero-order valence-corrected chi connectivity index (χ0v) is 15.0. The highest BCUT2D eigenvalue weighted by Gasteiger charge is 2.49. The van der Waals surface area contributed by atoms with E-state index in [2.05, 4.69) is 15.5 Å². The number of aryl methyl sites for hydroxylation is 1. The molecule has 1 aromatic heterocycles. The van der Waals surface area contributed by atoms with Crippen molar-refractivity contribution in [1.82, 2.24) is 20.4 Å². The molecule has 7 nitrogen and oxygen atoms in total. The quantitative estimate of drug-likeness (QED) is 0.763. The lowest BCUT2D eigenvalue weighted by molar-refractivity contribution is -0.127. The fourth-order valence-corrected chi connectivity index (χ4v) is 4.19. The van der Waals surface area contributed by atoms with Crippen molar-refractivity contribution in [2.45, 2.75) is 26.3 Å². The Bertz CT molecular complexity index is 862. The first-order valence-electron chi connectivity index (χ1n) is 9.12. The Morgan fingerprint density at radius 1 is 1.42 bits per heavy atom. The van der Waals surface area contributed by atoms with Gasteiger partial charge in [0.2, 0.25) is 5.91 Å². The van der Waals surface area contributed by atoms with Crippen molar-refractivity contribution in [1.29, 1.82) is 0 Å². The number of fused-ring (bicyclic) bond motifs is 2. The molecule has 4 unspecified atom stereocenters. The minimum absolute atomic E-state index is 0.0196. The Morgan fingerprint density at radius 2 is 2.23 bits per heavy atom. The average Bonchev–Trinajstić information content (AvgIpc) is 3.21. The SMILES string of the molecule is Cc1cc(C(=O)N2CC3CC(NC(=O)C(C)CO)C3C2)c2[nH]ncc2c1. The Kier molecular flexibility index (Phi) is 4.19. The highest BCUT2D eigenvalue weighted by atomic mass is 16.3. The van der Waals surface area contributed by atoms with Crippen LogP contribution in [0.4, 0.5) is 0 Å². The van der Waals surface area contributed by atoms with E-state index in [4.69, 9.17) is 5.11 Å². The number of aromatic nitrogens is 2. The molecule has 2 heterocycles. The van der Waals surface area contributed by atoms with Gasteiger partial charge < -0.3 is 15.3 Å². The van der Waals surface area contributed by atoms with Gasteiger partial charge in [-0.15, -0.1) is 0 Å². The van der Waals surface area contributed by atoms with Crippen LogP contribution in [0.25, 0.3) is 10.9 Å². The summed E-state index contributed by atoms with van der Waals surface area (Å²) in [6, 6.07) is 4.02. The Balaban J connectivity index is 1.47. The van der Waals surface area contributed by atoms with Gasteiger partial charge in [-0.3, -0.25) is 14.7 Å². The Labute approximate surface area is 151 Å². The van der Waals surface area contributed by atoms with Gasteiger partial charge >= 0.3 is 0 Å². The molecule has 0 spiro atoms. The van der Waals surface area contributed by atoms with Crippen LogP contribution in [0, 0.1) is 24.7 Å². The Morgan fingerprint density at radius 3 is 3.00 bits per heavy atom. The van der Waals surface area contributed by atoms with Crippen LogP contribution in [0.5, 0.6) is 0 Å². The van der Waals surface area contributed by atoms with Crippen molar-refractivity contribution in [3.05, 3.63) is 29.5 Å². The molecule has 4 atom stereocenters. The lowest BCUT2D eigenvalue weighted by Crippen LogP contribution is -2.53. The standard InChI is InChI=1S/C19H24N4O3/c1-10-3-12-6-20-22-17(12)14(4-10)19(26)23-7-13-5-16(15(13)8-23)21-18(25)11(2)9-24/h3-4,6,11,13,15-16,24H,5,7-9H2,1-2H3,(H,20,22)(H,21,25). The van der Waals surface area contributed by atoms with E-state index in [1.165, 1.54) is 0 Å². The Hall–Kier alpha value is -2.41. The summed E-state index contributed by atoms with van der Waals surface area (Å²) in [5.74, 6) is 0.255. The summed E-state index contributed by atoms with van der Waals surface area (Å²) in [5, 5.41) is 20.1. The topological polar surface area (TPSA) is 98.3 Å². The monoisotopic (exact) mass is 356 g/mol. The molecule has 2 aliphatic rings. The number of aliphatic hydroxyl groups is 1. The smallest absolute Gasteiger partial charge is 0.256 e. The van der Waals surface area contributed by atoms with Crippen molar-refractivity contribution in [3.63, 3.8) is 0 Å². The third-order valence-electron chi connectivity index (χ3n) is 5.83. The van der Waals surface area contributed by atoms with Gasteiger partial charge in [0, 0.05) is 30.4 Å². The number of likely N-dealkylation sites (tertiary alicyclic amines) is 1. The van der Waals surface area contributed by atoms with Crippen LogP contribution < -0.4 is 5.32 Å². The number of hydrogen-bond acceptors (Lipinski definition) is 4. The normalized spacial score (nSPS) is 25.7. The summed E-state index contributed by atoms with van der Waals surface area (Å²) >= 11 is 0. The van der Waals surface area contributed by atoms with Gasteiger partial charge in [-0.1, -0.05) is 6.92 Å². The van der Waals surface area contributed by atoms with Crippen LogP contribution in [0.1, 0.15) is 29.3 Å². The first kappa shape index (κ1) is 17.0. The van der Waals surface area contributed by atoms with Crippen LogP contribution >= 0.6 is 0 Å². The molecule has 138 valence electrons. The zero-order valence-electron chi connectivity index (χ0n) is 15.0. The third kappa shape index (κ3) is 2.76. The maximum atomic E-state index is 13.1. The van der Waals surface area contributed by atoms with Gasteiger partial charge in [-0.05, 0) is 37.0 Å². The minimum Gasteiger partial charge on any atom is -0.396 e. The largest absolute Gasteiger partial charge is 0.396 e. The molecule has 2 amide bonds. The number of carbonyl (C=O) groups excluding carboxylic acids is 2. The number of amides is 2. The second-order valence-electron chi connectivity index (χ2n) is 7.72. The van der Waals surface area contributed by atoms with E-state index in [9.17, 15) is 9.59 Å². The number of H-pyrrole nitrogens is 1. The molecule has 1 aliphatic heterocycles. The van der Waals surface area contributed by atoms with Crippen LogP contribution in [-0.2, 0) is 4.79 Å². The number of aromatic amines is 1. The fourth-order valence-electron chi connectivity index (χ4n) is 4.19. The molecule has 4 rings (SSSR count). The van der Waals surface area contributed by atoms with Crippen LogP contribution in [0.2, 0.25) is 0 Å². The maximum absolute atomic E-state index is 13.1. The van der Waals surface area contributed by atoms with Crippen molar-refractivity contribution in [2.24, 2.45) is 17.8 Å². The van der Waals surface area contributed by atoms with Crippen molar-refractivity contribution >= 4 is 22.7 Å². The first-order valence-corrected chi connectivity index (χ1v) is 9.12. The van der Waals surface area contributed by atoms with E-state index >= 15 is 0 Å². The zero-order chi connectivity index (χ0) is 18.4. The number of benzene rings is 1. The molecule has 1 saturated carbocycles. The molecule has 3 N–H and O–H groups in total.